The normalized spacial score (nSPS) is 22.5. The van der Waals surface area contributed by atoms with Gasteiger partial charge in [-0.15, -0.1) is 11.3 Å². The lowest BCUT2D eigenvalue weighted by molar-refractivity contribution is 0.140. The maximum absolute atomic E-state index is 5.96. The summed E-state index contributed by atoms with van der Waals surface area (Å²) in [7, 11) is 2.04. The van der Waals surface area contributed by atoms with Gasteiger partial charge in [-0.25, -0.2) is 0 Å². The van der Waals surface area contributed by atoms with E-state index in [1.807, 2.05) is 13.1 Å². The number of hydrogen-bond donors (Lipinski definition) is 1. The van der Waals surface area contributed by atoms with Crippen LogP contribution in [0.4, 0.5) is 0 Å². The Morgan fingerprint density at radius 1 is 1.50 bits per heavy atom. The predicted molar refractivity (Wildman–Crippen MR) is 71.3 cm³/mol. The van der Waals surface area contributed by atoms with Gasteiger partial charge in [-0.05, 0) is 38.6 Å². The lowest BCUT2D eigenvalue weighted by atomic mass is 10.0. The Kier molecular flexibility index (Phi) is 4.65. The SMILES string of the molecule is CNCC1CCCCN1Cc1ccc(Cl)s1. The Morgan fingerprint density at radius 3 is 3.06 bits per heavy atom. The van der Waals surface area contributed by atoms with E-state index < -0.39 is 0 Å². The molecule has 2 rings (SSSR count). The lowest BCUT2D eigenvalue weighted by Gasteiger charge is -2.35. The molecule has 1 N–H and O–H groups in total. The highest BCUT2D eigenvalue weighted by Gasteiger charge is 2.21. The van der Waals surface area contributed by atoms with E-state index in [0.717, 1.165) is 17.4 Å². The van der Waals surface area contributed by atoms with Gasteiger partial charge < -0.3 is 5.32 Å². The second-order valence-electron chi connectivity index (χ2n) is 4.38. The first-order valence-corrected chi connectivity index (χ1v) is 7.12. The Morgan fingerprint density at radius 2 is 2.38 bits per heavy atom. The summed E-state index contributed by atoms with van der Waals surface area (Å²) in [5.74, 6) is 0. The molecule has 1 aliphatic rings. The molecule has 0 bridgehead atoms. The second kappa shape index (κ2) is 6.01. The molecule has 1 aromatic heterocycles. The average molecular weight is 259 g/mol. The fourth-order valence-electron chi connectivity index (χ4n) is 2.37. The van der Waals surface area contributed by atoms with Crippen molar-refractivity contribution in [1.82, 2.24) is 10.2 Å². The molecule has 1 aliphatic heterocycles. The molecule has 0 aromatic carbocycles. The third-order valence-corrected chi connectivity index (χ3v) is 4.39. The molecule has 0 spiro atoms. The standard InChI is InChI=1S/C12H19ClN2S/c1-14-8-10-4-2-3-7-15(10)9-11-5-6-12(13)16-11/h5-6,10,14H,2-4,7-9H2,1H3. The molecule has 90 valence electrons. The average Bonchev–Trinajstić information content (AvgIpc) is 2.67. The number of halogens is 1. The summed E-state index contributed by atoms with van der Waals surface area (Å²) < 4.78 is 0.900. The van der Waals surface area contributed by atoms with Crippen LogP contribution in [0.15, 0.2) is 12.1 Å². The summed E-state index contributed by atoms with van der Waals surface area (Å²) in [5, 5.41) is 3.29. The molecule has 0 amide bonds. The van der Waals surface area contributed by atoms with Gasteiger partial charge in [0.25, 0.3) is 0 Å². The van der Waals surface area contributed by atoms with Gasteiger partial charge in [0.05, 0.1) is 4.34 Å². The van der Waals surface area contributed by atoms with Crippen LogP contribution in [0.3, 0.4) is 0 Å². The second-order valence-corrected chi connectivity index (χ2v) is 6.18. The lowest BCUT2D eigenvalue weighted by Crippen LogP contribution is -2.44. The number of nitrogens with one attached hydrogen (secondary N) is 1. The van der Waals surface area contributed by atoms with E-state index >= 15 is 0 Å². The molecule has 0 radical (unpaired) electrons. The van der Waals surface area contributed by atoms with Crippen LogP contribution >= 0.6 is 22.9 Å². The third kappa shape index (κ3) is 3.20. The zero-order chi connectivity index (χ0) is 11.4. The number of likely N-dealkylation sites (tertiary alicyclic amines) is 1. The molecular weight excluding hydrogens is 240 g/mol. The van der Waals surface area contributed by atoms with Crippen molar-refractivity contribution in [2.24, 2.45) is 0 Å². The molecule has 1 aromatic rings. The number of hydrogen-bond acceptors (Lipinski definition) is 3. The monoisotopic (exact) mass is 258 g/mol. The van der Waals surface area contributed by atoms with Gasteiger partial charge in [0.1, 0.15) is 0 Å². The molecule has 1 unspecified atom stereocenters. The van der Waals surface area contributed by atoms with E-state index in [-0.39, 0.29) is 0 Å². The van der Waals surface area contributed by atoms with E-state index in [9.17, 15) is 0 Å². The summed E-state index contributed by atoms with van der Waals surface area (Å²) in [5.41, 5.74) is 0. The molecule has 2 nitrogen and oxygen atoms in total. The van der Waals surface area contributed by atoms with Crippen molar-refractivity contribution < 1.29 is 0 Å². The van der Waals surface area contributed by atoms with Crippen LogP contribution in [0, 0.1) is 0 Å². The Balaban J connectivity index is 1.95. The molecule has 1 atom stereocenters. The maximum Gasteiger partial charge on any atom is 0.0931 e. The summed E-state index contributed by atoms with van der Waals surface area (Å²) in [6, 6.07) is 4.84. The number of likely N-dealkylation sites (N-methyl/N-ethyl adjacent to an activating group) is 1. The number of piperidine rings is 1. The van der Waals surface area contributed by atoms with Crippen LogP contribution in [0.25, 0.3) is 0 Å². The fourth-order valence-corrected chi connectivity index (χ4v) is 3.49. The molecule has 0 saturated carbocycles. The van der Waals surface area contributed by atoms with Crippen molar-refractivity contribution in [1.29, 1.82) is 0 Å². The first-order valence-electron chi connectivity index (χ1n) is 5.92. The predicted octanol–water partition coefficient (Wildman–Crippen LogP) is 2.98. The molecule has 4 heteroatoms. The van der Waals surface area contributed by atoms with Gasteiger partial charge in [-0.3, -0.25) is 4.90 Å². The van der Waals surface area contributed by atoms with Gasteiger partial charge in [0, 0.05) is 24.0 Å². The van der Waals surface area contributed by atoms with Crippen LogP contribution in [0.5, 0.6) is 0 Å². The first kappa shape index (κ1) is 12.4. The quantitative estimate of drug-likeness (QED) is 0.893. The van der Waals surface area contributed by atoms with E-state index in [0.29, 0.717) is 6.04 Å². The van der Waals surface area contributed by atoms with Crippen molar-refractivity contribution >= 4 is 22.9 Å². The van der Waals surface area contributed by atoms with Crippen molar-refractivity contribution in [3.8, 4) is 0 Å². The van der Waals surface area contributed by atoms with Crippen molar-refractivity contribution in [3.05, 3.63) is 21.3 Å². The van der Waals surface area contributed by atoms with Crippen LogP contribution in [-0.2, 0) is 6.54 Å². The van der Waals surface area contributed by atoms with Gasteiger partial charge in [-0.1, -0.05) is 18.0 Å². The van der Waals surface area contributed by atoms with Crippen molar-refractivity contribution in [2.45, 2.75) is 31.8 Å². The fraction of sp³-hybridized carbons (Fsp3) is 0.667. The number of rotatable bonds is 4. The number of nitrogens with zero attached hydrogens (tertiary/aromatic N) is 1. The molecule has 0 aliphatic carbocycles. The minimum Gasteiger partial charge on any atom is -0.318 e. The molecular formula is C12H19ClN2S. The summed E-state index contributed by atoms with van der Waals surface area (Å²) in [4.78, 5) is 3.97. The highest BCUT2D eigenvalue weighted by atomic mass is 35.5. The van der Waals surface area contributed by atoms with Crippen LogP contribution in [-0.4, -0.2) is 31.1 Å². The van der Waals surface area contributed by atoms with E-state index in [1.165, 1.54) is 30.7 Å². The summed E-state index contributed by atoms with van der Waals surface area (Å²) >= 11 is 7.67. The van der Waals surface area contributed by atoms with E-state index in [2.05, 4.69) is 16.3 Å². The van der Waals surface area contributed by atoms with E-state index in [4.69, 9.17) is 11.6 Å². The maximum atomic E-state index is 5.96. The summed E-state index contributed by atoms with van der Waals surface area (Å²) in [6.07, 6.45) is 4.02. The minimum absolute atomic E-state index is 0.694. The van der Waals surface area contributed by atoms with Crippen LogP contribution in [0.1, 0.15) is 24.1 Å². The number of thiophene rings is 1. The molecule has 1 fully saturated rings. The van der Waals surface area contributed by atoms with Crippen LogP contribution < -0.4 is 5.32 Å². The van der Waals surface area contributed by atoms with Gasteiger partial charge >= 0.3 is 0 Å². The Labute approximate surface area is 107 Å². The van der Waals surface area contributed by atoms with Crippen LogP contribution in [0.2, 0.25) is 4.34 Å². The van der Waals surface area contributed by atoms with Crippen molar-refractivity contribution in [2.75, 3.05) is 20.1 Å². The molecule has 16 heavy (non-hydrogen) atoms. The Bertz CT molecular complexity index is 325. The Hall–Kier alpha value is -0.0900. The summed E-state index contributed by atoms with van der Waals surface area (Å²) in [6.45, 7) is 3.38. The highest BCUT2D eigenvalue weighted by molar-refractivity contribution is 7.16. The zero-order valence-corrected chi connectivity index (χ0v) is 11.3. The van der Waals surface area contributed by atoms with E-state index in [1.54, 1.807) is 11.3 Å². The minimum atomic E-state index is 0.694. The third-order valence-electron chi connectivity index (χ3n) is 3.18. The highest BCUT2D eigenvalue weighted by Crippen LogP contribution is 2.25. The largest absolute Gasteiger partial charge is 0.318 e. The molecule has 2 heterocycles. The van der Waals surface area contributed by atoms with Crippen molar-refractivity contribution in [3.63, 3.8) is 0 Å². The van der Waals surface area contributed by atoms with Gasteiger partial charge in [0.15, 0.2) is 0 Å². The zero-order valence-electron chi connectivity index (χ0n) is 9.71. The molecule has 1 saturated heterocycles. The first-order chi connectivity index (χ1) is 7.79. The van der Waals surface area contributed by atoms with Gasteiger partial charge in [0.2, 0.25) is 0 Å². The van der Waals surface area contributed by atoms with Gasteiger partial charge in [-0.2, -0.15) is 0 Å². The topological polar surface area (TPSA) is 15.3 Å². The smallest absolute Gasteiger partial charge is 0.0931 e.